The molecule has 34 heavy (non-hydrogen) atoms. The molecule has 0 N–H and O–H groups in total. The molecule has 0 fully saturated rings. The average Bonchev–Trinajstić information content (AvgIpc) is 2.81. The Morgan fingerprint density at radius 3 is 2.18 bits per heavy atom. The Balaban J connectivity index is 1.76. The van der Waals surface area contributed by atoms with Gasteiger partial charge in [0, 0.05) is 27.1 Å². The van der Waals surface area contributed by atoms with Crippen LogP contribution in [0, 0.1) is 0 Å². The second-order valence-corrected chi connectivity index (χ2v) is 9.84. The molecule has 0 unspecified atom stereocenters. The maximum atomic E-state index is 13.5. The molecular formula is C29H36N2O3. The predicted octanol–water partition coefficient (Wildman–Crippen LogP) is 5.71. The van der Waals surface area contributed by atoms with Gasteiger partial charge < -0.3 is 9.64 Å². The van der Waals surface area contributed by atoms with Gasteiger partial charge in [-0.1, -0.05) is 72.8 Å². The first kappa shape index (κ1) is 25.3. The van der Waals surface area contributed by atoms with Crippen molar-refractivity contribution >= 4 is 22.8 Å². The van der Waals surface area contributed by atoms with Crippen molar-refractivity contribution in [2.24, 2.45) is 0 Å². The largest absolute Gasteiger partial charge is 0.444 e. The zero-order valence-electron chi connectivity index (χ0n) is 21.0. The summed E-state index contributed by atoms with van der Waals surface area (Å²) in [6.45, 7) is 6.10. The van der Waals surface area contributed by atoms with E-state index < -0.39 is 17.7 Å². The molecule has 0 saturated heterocycles. The van der Waals surface area contributed by atoms with Gasteiger partial charge in [0.1, 0.15) is 11.6 Å². The van der Waals surface area contributed by atoms with Crippen molar-refractivity contribution in [1.29, 1.82) is 0 Å². The van der Waals surface area contributed by atoms with Crippen molar-refractivity contribution in [3.05, 3.63) is 83.9 Å². The lowest BCUT2D eigenvalue weighted by Crippen LogP contribution is -2.50. The number of hydrogen-bond donors (Lipinski definition) is 0. The van der Waals surface area contributed by atoms with E-state index in [1.807, 2.05) is 64.2 Å². The molecule has 0 aliphatic rings. The number of hydrogen-bond acceptors (Lipinski definition) is 3. The van der Waals surface area contributed by atoms with Crippen LogP contribution in [0.15, 0.2) is 72.8 Å². The highest BCUT2D eigenvalue weighted by molar-refractivity contribution is 5.87. The minimum Gasteiger partial charge on any atom is -0.444 e. The normalized spacial score (nSPS) is 12.3. The van der Waals surface area contributed by atoms with E-state index in [9.17, 15) is 9.59 Å². The SMILES string of the molecule is CN(CCCc1ccccc1)C(=O)[C@@H](Cc1ccc2ccccc2c1)N(C)C(=O)OC(C)(C)C. The van der Waals surface area contributed by atoms with Crippen LogP contribution in [0.3, 0.4) is 0 Å². The van der Waals surface area contributed by atoms with E-state index in [1.165, 1.54) is 10.5 Å². The number of likely N-dealkylation sites (N-methyl/N-ethyl adjacent to an activating group) is 2. The molecule has 5 nitrogen and oxygen atoms in total. The number of fused-ring (bicyclic) bond motifs is 1. The predicted molar refractivity (Wildman–Crippen MR) is 138 cm³/mol. The van der Waals surface area contributed by atoms with Crippen LogP contribution in [0.2, 0.25) is 0 Å². The van der Waals surface area contributed by atoms with E-state index in [0.717, 1.165) is 29.2 Å². The van der Waals surface area contributed by atoms with Crippen molar-refractivity contribution in [2.45, 2.75) is 51.7 Å². The Morgan fingerprint density at radius 2 is 1.50 bits per heavy atom. The summed E-state index contributed by atoms with van der Waals surface area (Å²) in [7, 11) is 3.46. The Labute approximate surface area is 203 Å². The Bertz CT molecular complexity index is 1110. The van der Waals surface area contributed by atoms with Crippen LogP contribution in [-0.2, 0) is 22.4 Å². The van der Waals surface area contributed by atoms with Gasteiger partial charge in [0.2, 0.25) is 5.91 Å². The smallest absolute Gasteiger partial charge is 0.410 e. The van der Waals surface area contributed by atoms with E-state index in [-0.39, 0.29) is 5.91 Å². The maximum Gasteiger partial charge on any atom is 0.410 e. The molecule has 5 heteroatoms. The summed E-state index contributed by atoms with van der Waals surface area (Å²) in [5.41, 5.74) is 1.62. The summed E-state index contributed by atoms with van der Waals surface area (Å²) in [6, 6.07) is 23.9. The maximum absolute atomic E-state index is 13.5. The van der Waals surface area contributed by atoms with Gasteiger partial charge in [-0.2, -0.15) is 0 Å². The third kappa shape index (κ3) is 7.08. The summed E-state index contributed by atoms with van der Waals surface area (Å²) in [6.07, 6.45) is 1.67. The monoisotopic (exact) mass is 460 g/mol. The van der Waals surface area contributed by atoms with Crippen LogP contribution in [0.25, 0.3) is 10.8 Å². The number of carbonyl (C=O) groups excluding carboxylic acids is 2. The first-order chi connectivity index (χ1) is 16.1. The van der Waals surface area contributed by atoms with Crippen LogP contribution >= 0.6 is 0 Å². The molecule has 3 aromatic rings. The third-order valence-electron chi connectivity index (χ3n) is 5.86. The number of ether oxygens (including phenoxy) is 1. The average molecular weight is 461 g/mol. The summed E-state index contributed by atoms with van der Waals surface area (Å²) >= 11 is 0. The van der Waals surface area contributed by atoms with Crippen molar-refractivity contribution in [3.8, 4) is 0 Å². The van der Waals surface area contributed by atoms with Gasteiger partial charge in [-0.15, -0.1) is 0 Å². The molecule has 0 radical (unpaired) electrons. The molecule has 0 aromatic heterocycles. The Morgan fingerprint density at radius 1 is 0.853 bits per heavy atom. The molecule has 0 aliphatic heterocycles. The van der Waals surface area contributed by atoms with E-state index in [2.05, 4.69) is 36.4 Å². The van der Waals surface area contributed by atoms with Crippen LogP contribution in [0.5, 0.6) is 0 Å². The van der Waals surface area contributed by atoms with Gasteiger partial charge in [0.15, 0.2) is 0 Å². The molecule has 3 rings (SSSR count). The van der Waals surface area contributed by atoms with Crippen LogP contribution in [0.4, 0.5) is 4.79 Å². The molecule has 0 bridgehead atoms. The minimum absolute atomic E-state index is 0.0884. The van der Waals surface area contributed by atoms with Crippen molar-refractivity contribution in [1.82, 2.24) is 9.80 Å². The quantitative estimate of drug-likeness (QED) is 0.433. The van der Waals surface area contributed by atoms with Gasteiger partial charge in [-0.05, 0) is 55.5 Å². The fourth-order valence-corrected chi connectivity index (χ4v) is 3.97. The van der Waals surface area contributed by atoms with E-state index in [1.54, 1.807) is 11.9 Å². The zero-order chi connectivity index (χ0) is 24.7. The van der Waals surface area contributed by atoms with Gasteiger partial charge in [0.25, 0.3) is 0 Å². The highest BCUT2D eigenvalue weighted by Crippen LogP contribution is 2.20. The molecule has 3 aromatic carbocycles. The van der Waals surface area contributed by atoms with Gasteiger partial charge >= 0.3 is 6.09 Å². The summed E-state index contributed by atoms with van der Waals surface area (Å²) in [5, 5.41) is 2.26. The summed E-state index contributed by atoms with van der Waals surface area (Å²) < 4.78 is 5.57. The van der Waals surface area contributed by atoms with E-state index in [0.29, 0.717) is 13.0 Å². The van der Waals surface area contributed by atoms with Crippen LogP contribution < -0.4 is 0 Å². The van der Waals surface area contributed by atoms with Crippen LogP contribution in [-0.4, -0.2) is 54.1 Å². The molecule has 0 saturated carbocycles. The lowest BCUT2D eigenvalue weighted by Gasteiger charge is -2.32. The zero-order valence-corrected chi connectivity index (χ0v) is 21.0. The molecule has 0 heterocycles. The highest BCUT2D eigenvalue weighted by Gasteiger charge is 2.32. The Kier molecular flexibility index (Phi) is 8.32. The molecule has 1 atom stereocenters. The van der Waals surface area contributed by atoms with Crippen molar-refractivity contribution < 1.29 is 14.3 Å². The van der Waals surface area contributed by atoms with Gasteiger partial charge in [0.05, 0.1) is 0 Å². The number of rotatable bonds is 8. The first-order valence-corrected chi connectivity index (χ1v) is 11.9. The second kappa shape index (κ2) is 11.2. The van der Waals surface area contributed by atoms with E-state index >= 15 is 0 Å². The van der Waals surface area contributed by atoms with Crippen molar-refractivity contribution in [3.63, 3.8) is 0 Å². The van der Waals surface area contributed by atoms with E-state index in [4.69, 9.17) is 4.74 Å². The lowest BCUT2D eigenvalue weighted by molar-refractivity contribution is -0.135. The van der Waals surface area contributed by atoms with Crippen LogP contribution in [0.1, 0.15) is 38.3 Å². The molecular weight excluding hydrogens is 424 g/mol. The lowest BCUT2D eigenvalue weighted by atomic mass is 10.00. The third-order valence-corrected chi connectivity index (χ3v) is 5.86. The topological polar surface area (TPSA) is 49.9 Å². The fourth-order valence-electron chi connectivity index (χ4n) is 3.97. The molecule has 180 valence electrons. The number of nitrogens with zero attached hydrogens (tertiary/aromatic N) is 2. The molecule has 0 spiro atoms. The minimum atomic E-state index is -0.655. The first-order valence-electron chi connectivity index (χ1n) is 11.9. The number of amides is 2. The summed E-state index contributed by atoms with van der Waals surface area (Å²) in [5.74, 6) is -0.0884. The Hall–Kier alpha value is -3.34. The van der Waals surface area contributed by atoms with Gasteiger partial charge in [-0.3, -0.25) is 9.69 Å². The molecule has 0 aliphatic carbocycles. The van der Waals surface area contributed by atoms with Crippen molar-refractivity contribution in [2.75, 3.05) is 20.6 Å². The van der Waals surface area contributed by atoms with Gasteiger partial charge in [-0.25, -0.2) is 4.79 Å². The number of aryl methyl sites for hydroxylation is 1. The highest BCUT2D eigenvalue weighted by atomic mass is 16.6. The summed E-state index contributed by atoms with van der Waals surface area (Å²) in [4.78, 5) is 29.6. The fraction of sp³-hybridized carbons (Fsp3) is 0.379. The number of benzene rings is 3. The number of carbonyl (C=O) groups is 2. The standard InChI is InChI=1S/C29H36N2O3/c1-29(2,3)34-28(33)31(5)26(21-23-17-18-24-15-9-10-16-25(24)20-23)27(32)30(4)19-11-14-22-12-7-6-8-13-22/h6-10,12-13,15-18,20,26H,11,14,19,21H2,1-5H3/t26-/m1/s1. The molecule has 2 amide bonds. The second-order valence-electron chi connectivity index (χ2n) is 9.84.